The van der Waals surface area contributed by atoms with Gasteiger partial charge in [0.15, 0.2) is 0 Å². The van der Waals surface area contributed by atoms with Gasteiger partial charge in [-0.2, -0.15) is 13.2 Å². The molecule has 0 bridgehead atoms. The summed E-state index contributed by atoms with van der Waals surface area (Å²) in [5.41, 5.74) is 0. The maximum atomic E-state index is 13.0. The summed E-state index contributed by atoms with van der Waals surface area (Å²) in [6.45, 7) is 6.60. The molecule has 0 heterocycles. The highest BCUT2D eigenvalue weighted by Gasteiger charge is 2.46. The van der Waals surface area contributed by atoms with Gasteiger partial charge in [-0.25, -0.2) is 0 Å². The Morgan fingerprint density at radius 1 is 1.14 bits per heavy atom. The van der Waals surface area contributed by atoms with Gasteiger partial charge < -0.3 is 5.32 Å². The van der Waals surface area contributed by atoms with Crippen LogP contribution in [0.1, 0.15) is 52.9 Å². The van der Waals surface area contributed by atoms with Crippen LogP contribution in [-0.2, 0) is 0 Å². The highest BCUT2D eigenvalue weighted by atomic mass is 19.4. The smallest absolute Gasteiger partial charge is 0.312 e. The van der Waals surface area contributed by atoms with Crippen LogP contribution in [0.3, 0.4) is 0 Å². The molecule has 0 aromatic heterocycles. The minimum absolute atomic E-state index is 0.0295. The van der Waals surface area contributed by atoms with Gasteiger partial charge >= 0.3 is 6.18 Å². The monoisotopic (exact) mass is 306 g/mol. The third-order valence-electron chi connectivity index (χ3n) is 4.84. The standard InChI is InChI=1S/C16H29F3N2/c1-4-7-20-14-9-11(2)8-12(3)15(14)21(13-5-6-13)10-16(17,18)19/h11-15,20H,4-10H2,1-3H3. The zero-order chi connectivity index (χ0) is 15.6. The Kier molecular flexibility index (Phi) is 5.58. The van der Waals surface area contributed by atoms with E-state index in [2.05, 4.69) is 26.1 Å². The predicted octanol–water partition coefficient (Wildman–Crippen LogP) is 3.82. The molecule has 21 heavy (non-hydrogen) atoms. The highest BCUT2D eigenvalue weighted by Crippen LogP contribution is 2.39. The first-order valence-electron chi connectivity index (χ1n) is 8.37. The van der Waals surface area contributed by atoms with E-state index in [0.717, 1.165) is 38.6 Å². The minimum atomic E-state index is -4.10. The molecule has 0 aromatic carbocycles. The van der Waals surface area contributed by atoms with Crippen LogP contribution in [-0.4, -0.2) is 42.3 Å². The lowest BCUT2D eigenvalue weighted by molar-refractivity contribution is -0.158. The fourth-order valence-corrected chi connectivity index (χ4v) is 4.02. The first kappa shape index (κ1) is 17.1. The van der Waals surface area contributed by atoms with E-state index in [1.807, 2.05) is 0 Å². The number of rotatable bonds is 6. The van der Waals surface area contributed by atoms with E-state index in [1.165, 1.54) is 0 Å². The van der Waals surface area contributed by atoms with E-state index in [4.69, 9.17) is 0 Å². The van der Waals surface area contributed by atoms with Crippen molar-refractivity contribution in [3.8, 4) is 0 Å². The van der Waals surface area contributed by atoms with Gasteiger partial charge in [0.1, 0.15) is 0 Å². The van der Waals surface area contributed by atoms with Gasteiger partial charge in [-0.1, -0.05) is 20.8 Å². The Hall–Kier alpha value is -0.290. The van der Waals surface area contributed by atoms with Crippen molar-refractivity contribution in [2.75, 3.05) is 13.1 Å². The molecule has 2 rings (SSSR count). The van der Waals surface area contributed by atoms with Gasteiger partial charge in [0, 0.05) is 18.1 Å². The SMILES string of the molecule is CCCNC1CC(C)CC(C)C1N(CC(F)(F)F)C1CC1. The minimum Gasteiger partial charge on any atom is -0.312 e. The van der Waals surface area contributed by atoms with Crippen LogP contribution in [0, 0.1) is 11.8 Å². The highest BCUT2D eigenvalue weighted by molar-refractivity contribution is 4.99. The van der Waals surface area contributed by atoms with E-state index in [9.17, 15) is 13.2 Å². The Morgan fingerprint density at radius 2 is 1.81 bits per heavy atom. The molecule has 0 spiro atoms. The Balaban J connectivity index is 2.12. The van der Waals surface area contributed by atoms with E-state index in [-0.39, 0.29) is 18.1 Å². The van der Waals surface area contributed by atoms with Gasteiger partial charge in [-0.15, -0.1) is 0 Å². The van der Waals surface area contributed by atoms with E-state index in [0.29, 0.717) is 11.8 Å². The van der Waals surface area contributed by atoms with Crippen LogP contribution in [0.2, 0.25) is 0 Å². The first-order valence-corrected chi connectivity index (χ1v) is 8.37. The number of nitrogens with one attached hydrogen (secondary N) is 1. The van der Waals surface area contributed by atoms with Gasteiger partial charge in [-0.3, -0.25) is 4.90 Å². The maximum Gasteiger partial charge on any atom is 0.401 e. The lowest BCUT2D eigenvalue weighted by Crippen LogP contribution is -2.59. The second-order valence-electron chi connectivity index (χ2n) is 7.12. The molecule has 0 amide bonds. The van der Waals surface area contributed by atoms with Crippen LogP contribution in [0.5, 0.6) is 0 Å². The van der Waals surface area contributed by atoms with Crippen molar-refractivity contribution in [2.45, 2.75) is 77.2 Å². The summed E-state index contributed by atoms with van der Waals surface area (Å²) in [4.78, 5) is 1.77. The fourth-order valence-electron chi connectivity index (χ4n) is 4.02. The summed E-state index contributed by atoms with van der Waals surface area (Å²) in [6.07, 6.45) is 0.812. The zero-order valence-corrected chi connectivity index (χ0v) is 13.4. The van der Waals surface area contributed by atoms with Crippen molar-refractivity contribution in [3.05, 3.63) is 0 Å². The molecular formula is C16H29F3N2. The van der Waals surface area contributed by atoms with Crippen molar-refractivity contribution in [3.63, 3.8) is 0 Å². The van der Waals surface area contributed by atoms with Gasteiger partial charge in [0.25, 0.3) is 0 Å². The third kappa shape index (κ3) is 4.85. The molecule has 2 aliphatic carbocycles. The summed E-state index contributed by atoms with van der Waals surface area (Å²) in [7, 11) is 0. The van der Waals surface area contributed by atoms with Crippen molar-refractivity contribution in [1.29, 1.82) is 0 Å². The van der Waals surface area contributed by atoms with Crippen molar-refractivity contribution in [2.24, 2.45) is 11.8 Å². The predicted molar refractivity (Wildman–Crippen MR) is 79.2 cm³/mol. The van der Waals surface area contributed by atoms with Crippen molar-refractivity contribution < 1.29 is 13.2 Å². The number of hydrogen-bond acceptors (Lipinski definition) is 2. The van der Waals surface area contributed by atoms with Gasteiger partial charge in [0.2, 0.25) is 0 Å². The molecule has 0 radical (unpaired) electrons. The number of alkyl halides is 3. The summed E-state index contributed by atoms with van der Waals surface area (Å²) in [6, 6.07) is 0.381. The first-order chi connectivity index (χ1) is 9.81. The number of hydrogen-bond donors (Lipinski definition) is 1. The molecule has 1 N–H and O–H groups in total. The lowest BCUT2D eigenvalue weighted by atomic mass is 9.75. The maximum absolute atomic E-state index is 13.0. The van der Waals surface area contributed by atoms with Crippen LogP contribution in [0.25, 0.3) is 0 Å². The Labute approximate surface area is 126 Å². The summed E-state index contributed by atoms with van der Waals surface area (Å²) >= 11 is 0. The second-order valence-corrected chi connectivity index (χ2v) is 7.12. The number of halogens is 3. The quantitative estimate of drug-likeness (QED) is 0.802. The molecule has 2 saturated carbocycles. The average molecular weight is 306 g/mol. The molecule has 0 aliphatic heterocycles. The third-order valence-corrected chi connectivity index (χ3v) is 4.84. The largest absolute Gasteiger partial charge is 0.401 e. The van der Waals surface area contributed by atoms with Gasteiger partial charge in [-0.05, 0) is 50.5 Å². The molecule has 0 aromatic rings. The van der Waals surface area contributed by atoms with Crippen LogP contribution in [0.15, 0.2) is 0 Å². The van der Waals surface area contributed by atoms with E-state index >= 15 is 0 Å². The Morgan fingerprint density at radius 3 is 2.33 bits per heavy atom. The average Bonchev–Trinajstić information content (AvgIpc) is 3.16. The molecule has 4 unspecified atom stereocenters. The fraction of sp³-hybridized carbons (Fsp3) is 1.00. The molecule has 2 fully saturated rings. The topological polar surface area (TPSA) is 15.3 Å². The Bertz CT molecular complexity index is 328. The second kappa shape index (κ2) is 6.86. The lowest BCUT2D eigenvalue weighted by Gasteiger charge is -2.46. The van der Waals surface area contributed by atoms with Crippen LogP contribution in [0.4, 0.5) is 13.2 Å². The number of nitrogens with zero attached hydrogens (tertiary/aromatic N) is 1. The molecule has 5 heteroatoms. The summed E-state index contributed by atoms with van der Waals surface area (Å²) in [5.74, 6) is 0.920. The molecule has 124 valence electrons. The van der Waals surface area contributed by atoms with E-state index in [1.54, 1.807) is 4.90 Å². The van der Waals surface area contributed by atoms with E-state index < -0.39 is 12.7 Å². The zero-order valence-electron chi connectivity index (χ0n) is 13.4. The molecule has 2 nitrogen and oxygen atoms in total. The summed E-state index contributed by atoms with van der Waals surface area (Å²) in [5, 5.41) is 3.52. The molecule has 2 aliphatic rings. The normalized spacial score (nSPS) is 34.4. The van der Waals surface area contributed by atoms with Gasteiger partial charge in [0.05, 0.1) is 6.54 Å². The van der Waals surface area contributed by atoms with Crippen LogP contribution >= 0.6 is 0 Å². The van der Waals surface area contributed by atoms with Crippen molar-refractivity contribution in [1.82, 2.24) is 10.2 Å². The summed E-state index contributed by atoms with van der Waals surface area (Å²) < 4.78 is 38.9. The molecular weight excluding hydrogens is 277 g/mol. The van der Waals surface area contributed by atoms with Crippen LogP contribution < -0.4 is 5.32 Å². The molecule has 0 saturated heterocycles. The molecule has 4 atom stereocenters. The van der Waals surface area contributed by atoms with Crippen molar-refractivity contribution >= 4 is 0 Å².